The topological polar surface area (TPSA) is 66.8 Å². The van der Waals surface area contributed by atoms with Crippen molar-refractivity contribution >= 4 is 5.97 Å². The van der Waals surface area contributed by atoms with E-state index in [2.05, 4.69) is 18.6 Å². The van der Waals surface area contributed by atoms with Crippen LogP contribution in [0.2, 0.25) is 0 Å². The molecule has 0 aromatic heterocycles. The molecule has 28 heavy (non-hydrogen) atoms. The third kappa shape index (κ3) is 3.14. The summed E-state index contributed by atoms with van der Waals surface area (Å²) >= 11 is 0. The molecule has 7 unspecified atom stereocenters. The van der Waals surface area contributed by atoms with E-state index in [1.54, 1.807) is 0 Å². The first-order valence-corrected chi connectivity index (χ1v) is 11.8. The van der Waals surface area contributed by atoms with E-state index in [1.807, 2.05) is 0 Å². The SMILES string of the molecule is COC(=O)C(O)(O)CCC1CCC2C3CCC4CCCCC4(C)C3CCC12C. The summed E-state index contributed by atoms with van der Waals surface area (Å²) in [4.78, 5) is 11.6. The zero-order valence-corrected chi connectivity index (χ0v) is 18.1. The van der Waals surface area contributed by atoms with Crippen molar-refractivity contribution in [2.75, 3.05) is 7.11 Å². The van der Waals surface area contributed by atoms with E-state index < -0.39 is 11.8 Å². The molecule has 0 aromatic carbocycles. The molecule has 4 fully saturated rings. The molecule has 4 heteroatoms. The van der Waals surface area contributed by atoms with Crippen LogP contribution in [-0.4, -0.2) is 29.1 Å². The van der Waals surface area contributed by atoms with E-state index in [-0.39, 0.29) is 6.42 Å². The summed E-state index contributed by atoms with van der Waals surface area (Å²) < 4.78 is 4.56. The summed E-state index contributed by atoms with van der Waals surface area (Å²) in [5, 5.41) is 20.1. The summed E-state index contributed by atoms with van der Waals surface area (Å²) in [6.07, 6.45) is 14.4. The smallest absolute Gasteiger partial charge is 0.366 e. The third-order valence-electron chi connectivity index (χ3n) is 10.1. The molecule has 0 saturated heterocycles. The summed E-state index contributed by atoms with van der Waals surface area (Å²) in [5.41, 5.74) is 0.863. The quantitative estimate of drug-likeness (QED) is 0.539. The highest BCUT2D eigenvalue weighted by molar-refractivity contribution is 5.76. The first-order chi connectivity index (χ1) is 13.2. The molecule has 0 spiro atoms. The molecule has 0 heterocycles. The van der Waals surface area contributed by atoms with Crippen LogP contribution < -0.4 is 0 Å². The van der Waals surface area contributed by atoms with E-state index in [4.69, 9.17) is 0 Å². The van der Waals surface area contributed by atoms with Gasteiger partial charge >= 0.3 is 5.97 Å². The van der Waals surface area contributed by atoms with Gasteiger partial charge in [-0.25, -0.2) is 4.79 Å². The highest BCUT2D eigenvalue weighted by atomic mass is 16.6. The molecule has 0 radical (unpaired) electrons. The number of fused-ring (bicyclic) bond motifs is 5. The Morgan fingerprint density at radius 3 is 2.46 bits per heavy atom. The van der Waals surface area contributed by atoms with Gasteiger partial charge in [0.15, 0.2) is 0 Å². The van der Waals surface area contributed by atoms with Gasteiger partial charge in [0, 0.05) is 6.42 Å². The van der Waals surface area contributed by atoms with Crippen LogP contribution in [-0.2, 0) is 9.53 Å². The van der Waals surface area contributed by atoms with Crippen molar-refractivity contribution < 1.29 is 19.7 Å². The molecule has 0 aliphatic heterocycles. The predicted molar refractivity (Wildman–Crippen MR) is 108 cm³/mol. The van der Waals surface area contributed by atoms with Crippen molar-refractivity contribution in [3.05, 3.63) is 0 Å². The summed E-state index contributed by atoms with van der Waals surface area (Å²) in [6, 6.07) is 0. The number of rotatable bonds is 4. The molecular weight excluding hydrogens is 352 g/mol. The van der Waals surface area contributed by atoms with Crippen molar-refractivity contribution in [3.8, 4) is 0 Å². The molecule has 4 rings (SSSR count). The fourth-order valence-electron chi connectivity index (χ4n) is 8.52. The number of aliphatic hydroxyl groups is 2. The Kier molecular flexibility index (Phi) is 5.36. The van der Waals surface area contributed by atoms with Gasteiger partial charge in [-0.05, 0) is 98.2 Å². The number of ether oxygens (including phenoxy) is 1. The average molecular weight is 393 g/mol. The number of hydrogen-bond donors (Lipinski definition) is 2. The molecule has 4 saturated carbocycles. The standard InChI is InChI=1S/C24H40O4/c1-22-13-5-4-6-16(22)7-9-18-19-10-8-17(23(19,2)14-12-20(18)22)11-15-24(26,27)21(25)28-3/h16-20,26-27H,4-15H2,1-3H3. The Balaban J connectivity index is 1.47. The lowest BCUT2D eigenvalue weighted by atomic mass is 9.45. The van der Waals surface area contributed by atoms with E-state index in [1.165, 1.54) is 71.3 Å². The van der Waals surface area contributed by atoms with E-state index in [0.29, 0.717) is 23.2 Å². The first-order valence-electron chi connectivity index (χ1n) is 11.8. The lowest BCUT2D eigenvalue weighted by Gasteiger charge is -2.60. The summed E-state index contributed by atoms with van der Waals surface area (Å²) in [7, 11) is 1.21. The summed E-state index contributed by atoms with van der Waals surface area (Å²) in [6.45, 7) is 5.08. The fraction of sp³-hybridized carbons (Fsp3) is 0.958. The Bertz CT molecular complexity index is 601. The third-order valence-corrected chi connectivity index (χ3v) is 10.1. The molecule has 0 bridgehead atoms. The molecule has 7 atom stereocenters. The van der Waals surface area contributed by atoms with E-state index >= 15 is 0 Å². The van der Waals surface area contributed by atoms with Crippen LogP contribution in [0, 0.1) is 40.4 Å². The maximum atomic E-state index is 11.6. The summed E-state index contributed by atoms with van der Waals surface area (Å²) in [5.74, 6) is 0.700. The van der Waals surface area contributed by atoms with E-state index in [9.17, 15) is 15.0 Å². The normalized spacial score (nSPS) is 45.7. The van der Waals surface area contributed by atoms with Gasteiger partial charge in [-0.2, -0.15) is 0 Å². The average Bonchev–Trinajstić information content (AvgIpc) is 3.01. The van der Waals surface area contributed by atoms with Crippen molar-refractivity contribution in [3.63, 3.8) is 0 Å². The van der Waals surface area contributed by atoms with Crippen molar-refractivity contribution in [1.29, 1.82) is 0 Å². The van der Waals surface area contributed by atoms with Crippen LogP contribution in [0.3, 0.4) is 0 Å². The van der Waals surface area contributed by atoms with Crippen LogP contribution in [0.15, 0.2) is 0 Å². The second-order valence-electron chi connectivity index (χ2n) is 11.1. The van der Waals surface area contributed by atoms with Gasteiger partial charge in [-0.15, -0.1) is 0 Å². The molecule has 0 aromatic rings. The molecule has 4 aliphatic carbocycles. The minimum absolute atomic E-state index is 0.0839. The largest absolute Gasteiger partial charge is 0.465 e. The highest BCUT2D eigenvalue weighted by Crippen LogP contribution is 2.67. The van der Waals surface area contributed by atoms with Crippen molar-refractivity contribution in [2.24, 2.45) is 40.4 Å². The number of hydrogen-bond acceptors (Lipinski definition) is 4. The maximum absolute atomic E-state index is 11.6. The van der Waals surface area contributed by atoms with Gasteiger partial charge in [0.05, 0.1) is 7.11 Å². The first kappa shape index (κ1) is 20.7. The molecule has 0 amide bonds. The van der Waals surface area contributed by atoms with Gasteiger partial charge in [-0.3, -0.25) is 0 Å². The molecule has 2 N–H and O–H groups in total. The van der Waals surface area contributed by atoms with Crippen LogP contribution in [0.5, 0.6) is 0 Å². The Labute approximate surface area is 170 Å². The fourth-order valence-corrected chi connectivity index (χ4v) is 8.52. The van der Waals surface area contributed by atoms with E-state index in [0.717, 1.165) is 23.7 Å². The Hall–Kier alpha value is -0.610. The maximum Gasteiger partial charge on any atom is 0.366 e. The molecule has 160 valence electrons. The van der Waals surface area contributed by atoms with Crippen LogP contribution in [0.4, 0.5) is 0 Å². The minimum Gasteiger partial charge on any atom is -0.465 e. The monoisotopic (exact) mass is 392 g/mol. The predicted octanol–water partition coefficient (Wildman–Crippen LogP) is 4.67. The van der Waals surface area contributed by atoms with Gasteiger partial charge in [0.25, 0.3) is 5.79 Å². The van der Waals surface area contributed by atoms with Gasteiger partial charge in [0.1, 0.15) is 0 Å². The lowest BCUT2D eigenvalue weighted by molar-refractivity contribution is -0.210. The lowest BCUT2D eigenvalue weighted by Crippen LogP contribution is -2.52. The molecule has 4 aliphatic rings. The Morgan fingerprint density at radius 1 is 0.964 bits per heavy atom. The zero-order valence-electron chi connectivity index (χ0n) is 18.1. The van der Waals surface area contributed by atoms with Crippen molar-refractivity contribution in [1.82, 2.24) is 0 Å². The van der Waals surface area contributed by atoms with Crippen LogP contribution in [0.1, 0.15) is 90.9 Å². The van der Waals surface area contributed by atoms with Crippen molar-refractivity contribution in [2.45, 2.75) is 96.7 Å². The van der Waals surface area contributed by atoms with Gasteiger partial charge < -0.3 is 14.9 Å². The molecular formula is C24H40O4. The minimum atomic E-state index is -2.34. The highest BCUT2D eigenvalue weighted by Gasteiger charge is 2.59. The zero-order chi connectivity index (χ0) is 20.2. The second-order valence-corrected chi connectivity index (χ2v) is 11.1. The number of methoxy groups -OCH3 is 1. The number of carbonyl (C=O) groups is 1. The van der Waals surface area contributed by atoms with Crippen LogP contribution >= 0.6 is 0 Å². The second kappa shape index (κ2) is 7.27. The van der Waals surface area contributed by atoms with Crippen LogP contribution in [0.25, 0.3) is 0 Å². The molecule has 4 nitrogen and oxygen atoms in total. The van der Waals surface area contributed by atoms with Gasteiger partial charge in [0.2, 0.25) is 0 Å². The van der Waals surface area contributed by atoms with Gasteiger partial charge in [-0.1, -0.05) is 26.7 Å². The number of esters is 1. The Morgan fingerprint density at radius 2 is 1.71 bits per heavy atom. The number of carbonyl (C=O) groups excluding carboxylic acids is 1.